The van der Waals surface area contributed by atoms with E-state index in [1.165, 1.54) is 0 Å². The molecule has 0 unspecified atom stereocenters. The summed E-state index contributed by atoms with van der Waals surface area (Å²) < 4.78 is 0. The van der Waals surface area contributed by atoms with Crippen molar-refractivity contribution in [1.29, 1.82) is 0 Å². The van der Waals surface area contributed by atoms with Gasteiger partial charge in [-0.05, 0) is 49.9 Å². The Bertz CT molecular complexity index is 738. The predicted molar refractivity (Wildman–Crippen MR) is 93.6 cm³/mol. The van der Waals surface area contributed by atoms with E-state index in [4.69, 9.17) is 0 Å². The van der Waals surface area contributed by atoms with E-state index in [0.29, 0.717) is 25.7 Å². The fourth-order valence-corrected chi connectivity index (χ4v) is 4.62. The van der Waals surface area contributed by atoms with Crippen molar-refractivity contribution in [2.75, 3.05) is 0 Å². The van der Waals surface area contributed by atoms with Crippen LogP contribution in [0.3, 0.4) is 0 Å². The van der Waals surface area contributed by atoms with Gasteiger partial charge in [-0.2, -0.15) is 0 Å². The zero-order chi connectivity index (χ0) is 16.8. The van der Waals surface area contributed by atoms with E-state index in [-0.39, 0.29) is 5.78 Å². The first-order chi connectivity index (χ1) is 11.6. The Labute approximate surface area is 142 Å². The molecule has 0 aliphatic heterocycles. The minimum absolute atomic E-state index is 0.229. The van der Waals surface area contributed by atoms with Gasteiger partial charge >= 0.3 is 0 Å². The first kappa shape index (κ1) is 15.0. The van der Waals surface area contributed by atoms with Gasteiger partial charge in [0.15, 0.2) is 5.78 Å². The van der Waals surface area contributed by atoms with E-state index in [1.54, 1.807) is 12.4 Å². The van der Waals surface area contributed by atoms with Gasteiger partial charge in [-0.3, -0.25) is 14.8 Å². The molecule has 2 aliphatic rings. The molecular formula is C21H20N2O. The predicted octanol–water partition coefficient (Wildman–Crippen LogP) is 3.92. The van der Waals surface area contributed by atoms with Gasteiger partial charge in [0.25, 0.3) is 0 Å². The Morgan fingerprint density at radius 3 is 1.50 bits per heavy atom. The summed E-state index contributed by atoms with van der Waals surface area (Å²) in [5.41, 5.74) is 2.55. The number of hydrogen-bond acceptors (Lipinski definition) is 3. The lowest BCUT2D eigenvalue weighted by Crippen LogP contribution is -2.57. The molecule has 2 saturated carbocycles. The van der Waals surface area contributed by atoms with Gasteiger partial charge < -0.3 is 0 Å². The molecule has 0 atom stereocenters. The molecule has 2 aliphatic carbocycles. The number of nitrogens with zero attached hydrogens (tertiary/aromatic N) is 2. The van der Waals surface area contributed by atoms with Crippen molar-refractivity contribution < 1.29 is 4.79 Å². The van der Waals surface area contributed by atoms with Gasteiger partial charge in [0.05, 0.1) is 22.2 Å². The second-order valence-electron chi connectivity index (χ2n) is 7.13. The maximum Gasteiger partial charge on any atom is 0.158 e. The average Bonchev–Trinajstić information content (AvgIpc) is 2.59. The van der Waals surface area contributed by atoms with Gasteiger partial charge in [0.1, 0.15) is 0 Å². The van der Waals surface area contributed by atoms with Crippen molar-refractivity contribution in [2.45, 2.75) is 36.5 Å². The zero-order valence-electron chi connectivity index (χ0n) is 13.7. The van der Waals surface area contributed by atoms with Crippen LogP contribution in [-0.4, -0.2) is 15.8 Å². The number of fused-ring (bicyclic) bond motifs is 2. The van der Waals surface area contributed by atoms with E-state index in [0.717, 1.165) is 22.5 Å². The SMILES string of the molecule is C=C1CC2(c3ccccn3)CC(=C)CC(c3ccccn3)(C1)C2=O. The number of pyridine rings is 2. The molecule has 3 nitrogen and oxygen atoms in total. The van der Waals surface area contributed by atoms with E-state index >= 15 is 0 Å². The lowest BCUT2D eigenvalue weighted by molar-refractivity contribution is -0.134. The standard InChI is InChI=1S/C21H20N2O/c1-15-11-20(17-7-3-5-9-22-17)13-16(2)14-21(12-15,19(20)24)18-8-4-6-10-23-18/h3-10H,1-2,11-14H2. The number of allylic oxidation sites excluding steroid dienone is 2. The summed E-state index contributed by atoms with van der Waals surface area (Å²) in [6, 6.07) is 11.6. The molecule has 0 saturated heterocycles. The summed E-state index contributed by atoms with van der Waals surface area (Å²) in [4.78, 5) is 22.9. The molecule has 0 amide bonds. The summed E-state index contributed by atoms with van der Waals surface area (Å²) in [7, 11) is 0. The van der Waals surface area contributed by atoms with Crippen LogP contribution < -0.4 is 0 Å². The molecular weight excluding hydrogens is 296 g/mol. The summed E-state index contributed by atoms with van der Waals surface area (Å²) >= 11 is 0. The van der Waals surface area contributed by atoms with Gasteiger partial charge in [-0.15, -0.1) is 0 Å². The van der Waals surface area contributed by atoms with Gasteiger partial charge in [0, 0.05) is 12.4 Å². The third-order valence-electron chi connectivity index (χ3n) is 5.39. The van der Waals surface area contributed by atoms with Crippen LogP contribution in [0.2, 0.25) is 0 Å². The molecule has 2 aromatic rings. The van der Waals surface area contributed by atoms with Gasteiger partial charge in [-0.25, -0.2) is 0 Å². The third kappa shape index (κ3) is 2.01. The summed E-state index contributed by atoms with van der Waals surface area (Å²) in [5.74, 6) is 0.229. The highest BCUT2D eigenvalue weighted by Gasteiger charge is 2.60. The lowest BCUT2D eigenvalue weighted by Gasteiger charge is -2.51. The molecule has 0 N–H and O–H groups in total. The van der Waals surface area contributed by atoms with Gasteiger partial charge in [0.2, 0.25) is 0 Å². The second kappa shape index (κ2) is 5.23. The van der Waals surface area contributed by atoms with Crippen LogP contribution >= 0.6 is 0 Å². The summed E-state index contributed by atoms with van der Waals surface area (Å²) in [6.45, 7) is 8.52. The topological polar surface area (TPSA) is 42.9 Å². The first-order valence-electron chi connectivity index (χ1n) is 8.28. The molecule has 2 heterocycles. The number of carbonyl (C=O) groups is 1. The quantitative estimate of drug-likeness (QED) is 0.789. The third-order valence-corrected chi connectivity index (χ3v) is 5.39. The van der Waals surface area contributed by atoms with E-state index in [2.05, 4.69) is 23.1 Å². The van der Waals surface area contributed by atoms with Crippen LogP contribution in [0, 0.1) is 0 Å². The average molecular weight is 316 g/mol. The molecule has 3 heteroatoms. The van der Waals surface area contributed by atoms with Crippen LogP contribution in [0.15, 0.2) is 73.1 Å². The lowest BCUT2D eigenvalue weighted by atomic mass is 9.50. The number of ketones is 1. The molecule has 4 rings (SSSR count). The Kier molecular flexibility index (Phi) is 3.27. The highest BCUT2D eigenvalue weighted by molar-refractivity contribution is 6.01. The first-order valence-corrected chi connectivity index (χ1v) is 8.28. The smallest absolute Gasteiger partial charge is 0.158 e. The zero-order valence-corrected chi connectivity index (χ0v) is 13.7. The number of Topliss-reactive ketones (excluding diaryl/α,β-unsaturated/α-hetero) is 1. The number of hydrogen-bond donors (Lipinski definition) is 0. The monoisotopic (exact) mass is 316 g/mol. The van der Waals surface area contributed by atoms with Crippen molar-refractivity contribution in [1.82, 2.24) is 9.97 Å². The Balaban J connectivity index is 1.95. The molecule has 0 radical (unpaired) electrons. The molecule has 120 valence electrons. The molecule has 0 aromatic carbocycles. The molecule has 2 fully saturated rings. The van der Waals surface area contributed by atoms with Gasteiger partial charge in [-0.1, -0.05) is 36.4 Å². The molecule has 2 bridgehead atoms. The summed E-state index contributed by atoms with van der Waals surface area (Å²) in [5, 5.41) is 0. The molecule has 24 heavy (non-hydrogen) atoms. The van der Waals surface area contributed by atoms with Crippen LogP contribution in [0.4, 0.5) is 0 Å². The fourth-order valence-electron chi connectivity index (χ4n) is 4.62. The fraction of sp³-hybridized carbons (Fsp3) is 0.286. The Morgan fingerprint density at radius 1 is 0.750 bits per heavy atom. The number of rotatable bonds is 2. The van der Waals surface area contributed by atoms with Crippen molar-refractivity contribution in [3.8, 4) is 0 Å². The number of carbonyl (C=O) groups excluding carboxylic acids is 1. The molecule has 0 spiro atoms. The Morgan fingerprint density at radius 2 is 1.17 bits per heavy atom. The second-order valence-corrected chi connectivity index (χ2v) is 7.13. The highest BCUT2D eigenvalue weighted by Crippen LogP contribution is 2.56. The van der Waals surface area contributed by atoms with E-state index in [1.807, 2.05) is 36.4 Å². The van der Waals surface area contributed by atoms with E-state index in [9.17, 15) is 4.79 Å². The van der Waals surface area contributed by atoms with Crippen molar-refractivity contribution in [3.63, 3.8) is 0 Å². The summed E-state index contributed by atoms with van der Waals surface area (Å²) in [6.07, 6.45) is 6.11. The largest absolute Gasteiger partial charge is 0.298 e. The van der Waals surface area contributed by atoms with E-state index < -0.39 is 10.8 Å². The normalized spacial score (nSPS) is 29.6. The maximum absolute atomic E-state index is 13.8. The highest BCUT2D eigenvalue weighted by atomic mass is 16.1. The maximum atomic E-state index is 13.8. The minimum atomic E-state index is -0.649. The Hall–Kier alpha value is -2.55. The minimum Gasteiger partial charge on any atom is -0.298 e. The van der Waals surface area contributed by atoms with Crippen LogP contribution in [-0.2, 0) is 15.6 Å². The van der Waals surface area contributed by atoms with Crippen LogP contribution in [0.5, 0.6) is 0 Å². The molecule has 2 aromatic heterocycles. The van der Waals surface area contributed by atoms with Crippen LogP contribution in [0.1, 0.15) is 37.1 Å². The van der Waals surface area contributed by atoms with Crippen molar-refractivity contribution in [3.05, 3.63) is 84.5 Å². The number of aromatic nitrogens is 2. The van der Waals surface area contributed by atoms with Crippen LogP contribution in [0.25, 0.3) is 0 Å². The van der Waals surface area contributed by atoms with Crippen molar-refractivity contribution in [2.24, 2.45) is 0 Å². The van der Waals surface area contributed by atoms with Crippen molar-refractivity contribution >= 4 is 5.78 Å².